The van der Waals surface area contributed by atoms with Crippen molar-refractivity contribution in [1.29, 1.82) is 0 Å². The van der Waals surface area contributed by atoms with E-state index in [0.29, 0.717) is 5.56 Å². The number of hydrogen-bond donors (Lipinski definition) is 7. The number of carbonyl (C=O) groups excluding carboxylic acids is 3. The van der Waals surface area contributed by atoms with Gasteiger partial charge in [-0.1, -0.05) is 12.1 Å². The standard InChI is InChI=1S/C17H24N4O6S/c18-11(5-6-14(19)23)15(24)21-13(8-28)16(25)20-12(17(26)27)7-9-1-3-10(22)4-2-9/h1-4,11-13,22,28H,5-8,18H2,(H2,19,23)(H,20,25)(H,21,24)(H,26,27). The normalized spacial score (nSPS) is 13.8. The molecule has 154 valence electrons. The lowest BCUT2D eigenvalue weighted by Gasteiger charge is -2.21. The third kappa shape index (κ3) is 7.84. The number of benzene rings is 1. The van der Waals surface area contributed by atoms with Gasteiger partial charge in [-0.3, -0.25) is 14.4 Å². The molecule has 0 fully saturated rings. The molecule has 0 aliphatic heterocycles. The van der Waals surface area contributed by atoms with E-state index in [1.54, 1.807) is 0 Å². The summed E-state index contributed by atoms with van der Waals surface area (Å²) in [5.41, 5.74) is 11.2. The van der Waals surface area contributed by atoms with Crippen molar-refractivity contribution in [3.63, 3.8) is 0 Å². The molecule has 0 saturated carbocycles. The number of nitrogens with one attached hydrogen (secondary N) is 2. The molecule has 1 rings (SSSR count). The summed E-state index contributed by atoms with van der Waals surface area (Å²) in [5, 5.41) is 23.3. The van der Waals surface area contributed by atoms with E-state index in [1.807, 2.05) is 0 Å². The second-order valence-electron chi connectivity index (χ2n) is 6.13. The maximum Gasteiger partial charge on any atom is 0.326 e. The highest BCUT2D eigenvalue weighted by molar-refractivity contribution is 7.80. The highest BCUT2D eigenvalue weighted by atomic mass is 32.1. The minimum absolute atomic E-state index is 0.0146. The van der Waals surface area contributed by atoms with Crippen molar-refractivity contribution in [2.45, 2.75) is 37.4 Å². The van der Waals surface area contributed by atoms with E-state index in [9.17, 15) is 29.4 Å². The van der Waals surface area contributed by atoms with Crippen LogP contribution in [0.2, 0.25) is 0 Å². The van der Waals surface area contributed by atoms with Crippen LogP contribution in [0.3, 0.4) is 0 Å². The second-order valence-corrected chi connectivity index (χ2v) is 6.49. The fraction of sp³-hybridized carbons (Fsp3) is 0.412. The Kier molecular flexibility index (Phi) is 9.25. The third-order valence-corrected chi connectivity index (χ3v) is 4.21. The van der Waals surface area contributed by atoms with Crippen LogP contribution in [0.5, 0.6) is 5.75 Å². The van der Waals surface area contributed by atoms with Crippen molar-refractivity contribution in [3.05, 3.63) is 29.8 Å². The van der Waals surface area contributed by atoms with E-state index in [1.165, 1.54) is 24.3 Å². The Morgan fingerprint density at radius 1 is 1.04 bits per heavy atom. The summed E-state index contributed by atoms with van der Waals surface area (Å²) in [7, 11) is 0. The number of nitrogens with two attached hydrogens (primary N) is 2. The third-order valence-electron chi connectivity index (χ3n) is 3.84. The van der Waals surface area contributed by atoms with Crippen LogP contribution in [0.15, 0.2) is 24.3 Å². The molecule has 3 atom stereocenters. The zero-order valence-corrected chi connectivity index (χ0v) is 15.9. The van der Waals surface area contributed by atoms with E-state index in [0.717, 1.165) is 0 Å². The Morgan fingerprint density at radius 2 is 1.61 bits per heavy atom. The molecule has 11 heteroatoms. The van der Waals surface area contributed by atoms with Crippen molar-refractivity contribution >= 4 is 36.3 Å². The highest BCUT2D eigenvalue weighted by Gasteiger charge is 2.27. The molecule has 3 amide bonds. The second kappa shape index (κ2) is 11.1. The van der Waals surface area contributed by atoms with Gasteiger partial charge in [0.2, 0.25) is 17.7 Å². The number of rotatable bonds is 11. The monoisotopic (exact) mass is 412 g/mol. The van der Waals surface area contributed by atoms with Gasteiger partial charge in [0.05, 0.1) is 6.04 Å². The van der Waals surface area contributed by atoms with E-state index >= 15 is 0 Å². The Labute approximate surface area is 167 Å². The summed E-state index contributed by atoms with van der Waals surface area (Å²) in [6.45, 7) is 0. The van der Waals surface area contributed by atoms with E-state index in [-0.39, 0.29) is 30.8 Å². The van der Waals surface area contributed by atoms with Gasteiger partial charge in [0.25, 0.3) is 0 Å². The van der Waals surface area contributed by atoms with Crippen molar-refractivity contribution in [1.82, 2.24) is 10.6 Å². The minimum Gasteiger partial charge on any atom is -0.508 e. The molecule has 0 radical (unpaired) electrons. The Bertz CT molecular complexity index is 712. The van der Waals surface area contributed by atoms with Crippen LogP contribution >= 0.6 is 12.6 Å². The Morgan fingerprint density at radius 3 is 2.11 bits per heavy atom. The van der Waals surface area contributed by atoms with Crippen LogP contribution in [0, 0.1) is 0 Å². The number of carbonyl (C=O) groups is 4. The summed E-state index contributed by atoms with van der Waals surface area (Å²) in [4.78, 5) is 46.6. The van der Waals surface area contributed by atoms with Gasteiger partial charge in [-0.25, -0.2) is 4.79 Å². The van der Waals surface area contributed by atoms with Gasteiger partial charge in [0.15, 0.2) is 0 Å². The molecular weight excluding hydrogens is 388 g/mol. The fourth-order valence-corrected chi connectivity index (χ4v) is 2.50. The summed E-state index contributed by atoms with van der Waals surface area (Å²) >= 11 is 4.00. The number of thiol groups is 1. The fourth-order valence-electron chi connectivity index (χ4n) is 2.24. The number of phenols is 1. The predicted octanol–water partition coefficient (Wildman–Crippen LogP) is -1.49. The summed E-state index contributed by atoms with van der Waals surface area (Å²) in [5.74, 6) is -3.34. The molecular formula is C17H24N4O6S. The molecule has 8 N–H and O–H groups in total. The maximum absolute atomic E-state index is 12.4. The van der Waals surface area contributed by atoms with E-state index in [2.05, 4.69) is 23.3 Å². The minimum atomic E-state index is -1.26. The average Bonchev–Trinajstić information content (AvgIpc) is 2.64. The van der Waals surface area contributed by atoms with Gasteiger partial charge in [-0.05, 0) is 24.1 Å². The molecule has 0 spiro atoms. The smallest absolute Gasteiger partial charge is 0.326 e. The van der Waals surface area contributed by atoms with Crippen LogP contribution in [-0.2, 0) is 25.6 Å². The van der Waals surface area contributed by atoms with Gasteiger partial charge in [-0.15, -0.1) is 0 Å². The predicted molar refractivity (Wildman–Crippen MR) is 104 cm³/mol. The molecule has 0 aromatic heterocycles. The lowest BCUT2D eigenvalue weighted by atomic mass is 10.1. The summed E-state index contributed by atoms with van der Waals surface area (Å²) in [6, 6.07) is 2.47. The lowest BCUT2D eigenvalue weighted by Crippen LogP contribution is -2.55. The SMILES string of the molecule is NC(=O)CCC(N)C(=O)NC(CS)C(=O)NC(Cc1ccc(O)cc1)C(=O)O. The summed E-state index contributed by atoms with van der Waals surface area (Å²) < 4.78 is 0. The Balaban J connectivity index is 2.70. The maximum atomic E-state index is 12.4. The van der Waals surface area contributed by atoms with Gasteiger partial charge < -0.3 is 32.3 Å². The molecule has 3 unspecified atom stereocenters. The molecule has 1 aromatic rings. The number of amides is 3. The molecule has 28 heavy (non-hydrogen) atoms. The number of phenolic OH excluding ortho intramolecular Hbond substituents is 1. The van der Waals surface area contributed by atoms with E-state index in [4.69, 9.17) is 11.5 Å². The number of carboxylic acids is 1. The first-order chi connectivity index (χ1) is 13.1. The van der Waals surface area contributed by atoms with Crippen LogP contribution in [-0.4, -0.2) is 57.8 Å². The van der Waals surface area contributed by atoms with Crippen molar-refractivity contribution in [2.75, 3.05) is 5.75 Å². The molecule has 1 aromatic carbocycles. The van der Waals surface area contributed by atoms with Crippen LogP contribution in [0.1, 0.15) is 18.4 Å². The van der Waals surface area contributed by atoms with Crippen LogP contribution in [0.4, 0.5) is 0 Å². The van der Waals surface area contributed by atoms with Crippen LogP contribution < -0.4 is 22.1 Å². The first-order valence-corrected chi connectivity index (χ1v) is 9.03. The number of aliphatic carboxylic acids is 1. The van der Waals surface area contributed by atoms with Crippen LogP contribution in [0.25, 0.3) is 0 Å². The van der Waals surface area contributed by atoms with Crippen molar-refractivity contribution < 1.29 is 29.4 Å². The molecule has 0 aliphatic carbocycles. The number of hydrogen-bond acceptors (Lipinski definition) is 7. The molecule has 0 aliphatic rings. The number of carboxylic acid groups (broad SMARTS) is 1. The molecule has 10 nitrogen and oxygen atoms in total. The van der Waals surface area contributed by atoms with Crippen molar-refractivity contribution in [3.8, 4) is 5.75 Å². The average molecular weight is 412 g/mol. The first-order valence-electron chi connectivity index (χ1n) is 8.40. The van der Waals surface area contributed by atoms with Gasteiger partial charge in [0, 0.05) is 18.6 Å². The Hall–Kier alpha value is -2.79. The zero-order valence-electron chi connectivity index (χ0n) is 15.0. The van der Waals surface area contributed by atoms with Gasteiger partial charge in [-0.2, -0.15) is 12.6 Å². The lowest BCUT2D eigenvalue weighted by molar-refractivity contribution is -0.142. The van der Waals surface area contributed by atoms with E-state index < -0.39 is 41.8 Å². The topological polar surface area (TPSA) is 185 Å². The number of aromatic hydroxyl groups is 1. The molecule has 0 saturated heterocycles. The van der Waals surface area contributed by atoms with Crippen molar-refractivity contribution in [2.24, 2.45) is 11.5 Å². The zero-order chi connectivity index (χ0) is 21.3. The quantitative estimate of drug-likeness (QED) is 0.216. The highest BCUT2D eigenvalue weighted by Crippen LogP contribution is 2.11. The molecule has 0 heterocycles. The van der Waals surface area contributed by atoms with Gasteiger partial charge >= 0.3 is 5.97 Å². The number of primary amides is 1. The summed E-state index contributed by atoms with van der Waals surface area (Å²) in [6.07, 6.45) is -0.0898. The van der Waals surface area contributed by atoms with Gasteiger partial charge in [0.1, 0.15) is 17.8 Å². The first kappa shape index (κ1) is 23.2. The molecule has 0 bridgehead atoms. The largest absolute Gasteiger partial charge is 0.508 e.